The van der Waals surface area contributed by atoms with Gasteiger partial charge in [-0.1, -0.05) is 30.3 Å². The lowest BCUT2D eigenvalue weighted by atomic mass is 10.1. The van der Waals surface area contributed by atoms with Crippen LogP contribution in [0.5, 0.6) is 0 Å². The first-order valence-electron chi connectivity index (χ1n) is 7.78. The van der Waals surface area contributed by atoms with E-state index in [9.17, 15) is 26.7 Å². The minimum absolute atomic E-state index is 0.0815. The molecule has 3 aromatic rings. The molecular weight excluding hydrogens is 381 g/mol. The molecule has 3 rings (SSSR count). The Morgan fingerprint density at radius 1 is 1.07 bits per heavy atom. The molecule has 9 heteroatoms. The SMILES string of the molecule is CS(=O)(=O)c1ccc(-n2nc(C(F)(F)F)cc2-c2ccccc2)cc1CO. The number of aromatic nitrogens is 2. The highest BCUT2D eigenvalue weighted by molar-refractivity contribution is 7.90. The second kappa shape index (κ2) is 6.82. The summed E-state index contributed by atoms with van der Waals surface area (Å²) in [4.78, 5) is -0.0850. The Morgan fingerprint density at radius 3 is 2.30 bits per heavy atom. The van der Waals surface area contributed by atoms with Crippen molar-refractivity contribution in [3.05, 3.63) is 65.9 Å². The minimum Gasteiger partial charge on any atom is -0.392 e. The largest absolute Gasteiger partial charge is 0.435 e. The second-order valence-corrected chi connectivity index (χ2v) is 7.90. The molecule has 0 bridgehead atoms. The van der Waals surface area contributed by atoms with Gasteiger partial charge in [0.2, 0.25) is 0 Å². The first-order chi connectivity index (χ1) is 12.6. The Hall–Kier alpha value is -2.65. The molecule has 0 aliphatic heterocycles. The zero-order valence-corrected chi connectivity index (χ0v) is 14.9. The highest BCUT2D eigenvalue weighted by Crippen LogP contribution is 2.33. The predicted octanol–water partition coefficient (Wildman–Crippen LogP) is 3.45. The number of rotatable bonds is 4. The summed E-state index contributed by atoms with van der Waals surface area (Å²) in [5, 5.41) is 13.2. The number of aliphatic hydroxyl groups is 1. The van der Waals surface area contributed by atoms with E-state index >= 15 is 0 Å². The van der Waals surface area contributed by atoms with Gasteiger partial charge in [-0.3, -0.25) is 0 Å². The fourth-order valence-corrected chi connectivity index (χ4v) is 3.63. The van der Waals surface area contributed by atoms with Crippen molar-refractivity contribution in [2.75, 3.05) is 6.26 Å². The van der Waals surface area contributed by atoms with Crippen molar-refractivity contribution >= 4 is 9.84 Å². The molecule has 27 heavy (non-hydrogen) atoms. The summed E-state index contributed by atoms with van der Waals surface area (Å²) < 4.78 is 64.2. The van der Waals surface area contributed by atoms with Gasteiger partial charge >= 0.3 is 6.18 Å². The molecule has 5 nitrogen and oxygen atoms in total. The smallest absolute Gasteiger partial charge is 0.392 e. The van der Waals surface area contributed by atoms with Gasteiger partial charge in [0.25, 0.3) is 0 Å². The summed E-state index contributed by atoms with van der Waals surface area (Å²) in [6, 6.07) is 13.2. The zero-order valence-electron chi connectivity index (χ0n) is 14.1. The van der Waals surface area contributed by atoms with Crippen LogP contribution in [-0.4, -0.2) is 29.6 Å². The fourth-order valence-electron chi connectivity index (χ4n) is 2.71. The molecule has 1 N–H and O–H groups in total. The van der Waals surface area contributed by atoms with E-state index in [0.29, 0.717) is 5.56 Å². The van der Waals surface area contributed by atoms with E-state index in [2.05, 4.69) is 5.10 Å². The van der Waals surface area contributed by atoms with Crippen molar-refractivity contribution in [2.24, 2.45) is 0 Å². The van der Waals surface area contributed by atoms with Crippen LogP contribution in [0.1, 0.15) is 11.3 Å². The number of halogens is 3. The lowest BCUT2D eigenvalue weighted by molar-refractivity contribution is -0.141. The molecule has 0 atom stereocenters. The molecule has 0 amide bonds. The highest BCUT2D eigenvalue weighted by Gasteiger charge is 2.35. The van der Waals surface area contributed by atoms with Crippen LogP contribution in [0.4, 0.5) is 13.2 Å². The maximum absolute atomic E-state index is 13.2. The van der Waals surface area contributed by atoms with Gasteiger partial charge in [0.1, 0.15) is 0 Å². The molecular formula is C18H15F3N2O3S. The van der Waals surface area contributed by atoms with Crippen LogP contribution in [0.25, 0.3) is 16.9 Å². The molecule has 0 unspecified atom stereocenters. The Bertz CT molecular complexity index is 1070. The molecule has 1 aromatic heterocycles. The lowest BCUT2D eigenvalue weighted by Gasteiger charge is -2.11. The first-order valence-corrected chi connectivity index (χ1v) is 9.67. The number of alkyl halides is 3. The summed E-state index contributed by atoms with van der Waals surface area (Å²) in [6.07, 6.45) is -3.65. The number of benzene rings is 2. The Kier molecular flexibility index (Phi) is 4.83. The third-order valence-electron chi connectivity index (χ3n) is 3.93. The van der Waals surface area contributed by atoms with E-state index in [1.54, 1.807) is 30.3 Å². The van der Waals surface area contributed by atoms with Gasteiger partial charge in [-0.25, -0.2) is 13.1 Å². The monoisotopic (exact) mass is 396 g/mol. The summed E-state index contributed by atoms with van der Waals surface area (Å²) >= 11 is 0. The Morgan fingerprint density at radius 2 is 1.74 bits per heavy atom. The summed E-state index contributed by atoms with van der Waals surface area (Å²) in [6.45, 7) is -0.579. The molecule has 0 aliphatic carbocycles. The van der Waals surface area contributed by atoms with Crippen molar-refractivity contribution in [1.82, 2.24) is 9.78 Å². The molecule has 0 saturated carbocycles. The van der Waals surface area contributed by atoms with Gasteiger partial charge in [0.05, 0.1) is 22.9 Å². The summed E-state index contributed by atoms with van der Waals surface area (Å²) in [5.41, 5.74) is -0.0740. The maximum Gasteiger partial charge on any atom is 0.435 e. The van der Waals surface area contributed by atoms with Crippen molar-refractivity contribution in [3.63, 3.8) is 0 Å². The molecule has 0 fully saturated rings. The van der Waals surface area contributed by atoms with Gasteiger partial charge in [0, 0.05) is 11.8 Å². The molecule has 2 aromatic carbocycles. The normalized spacial score (nSPS) is 12.3. The number of sulfone groups is 1. The topological polar surface area (TPSA) is 72.2 Å². The fraction of sp³-hybridized carbons (Fsp3) is 0.167. The number of hydrogen-bond acceptors (Lipinski definition) is 4. The quantitative estimate of drug-likeness (QED) is 0.733. The Labute approximate surface area is 153 Å². The van der Waals surface area contributed by atoms with E-state index in [1.807, 2.05) is 0 Å². The molecule has 0 aliphatic rings. The molecule has 1 heterocycles. The average Bonchev–Trinajstić information content (AvgIpc) is 3.07. The maximum atomic E-state index is 13.2. The number of hydrogen-bond donors (Lipinski definition) is 1. The van der Waals surface area contributed by atoms with Gasteiger partial charge in [-0.15, -0.1) is 0 Å². The van der Waals surface area contributed by atoms with Crippen molar-refractivity contribution in [2.45, 2.75) is 17.7 Å². The van der Waals surface area contributed by atoms with Crippen LogP contribution in [0.3, 0.4) is 0 Å². The number of nitrogens with zero attached hydrogens (tertiary/aromatic N) is 2. The molecule has 0 radical (unpaired) electrons. The minimum atomic E-state index is -4.64. The van der Waals surface area contributed by atoms with Crippen molar-refractivity contribution in [1.29, 1.82) is 0 Å². The molecule has 0 saturated heterocycles. The van der Waals surface area contributed by atoms with E-state index in [4.69, 9.17) is 0 Å². The number of aliphatic hydroxyl groups excluding tert-OH is 1. The van der Waals surface area contributed by atoms with Gasteiger partial charge < -0.3 is 5.11 Å². The van der Waals surface area contributed by atoms with E-state index in [-0.39, 0.29) is 21.8 Å². The van der Waals surface area contributed by atoms with E-state index < -0.39 is 28.3 Å². The van der Waals surface area contributed by atoms with Gasteiger partial charge in [-0.05, 0) is 29.8 Å². The average molecular weight is 396 g/mol. The van der Waals surface area contributed by atoms with Crippen LogP contribution in [0.15, 0.2) is 59.5 Å². The third-order valence-corrected chi connectivity index (χ3v) is 5.13. The molecule has 0 spiro atoms. The van der Waals surface area contributed by atoms with Gasteiger partial charge in [-0.2, -0.15) is 18.3 Å². The van der Waals surface area contributed by atoms with Crippen LogP contribution in [-0.2, 0) is 22.6 Å². The second-order valence-electron chi connectivity index (χ2n) is 5.91. The standard InChI is InChI=1S/C18H15F3N2O3S/c1-27(25,26)16-8-7-14(9-13(16)11-24)23-15(12-5-3-2-4-6-12)10-17(22-23)18(19,20)21/h2-10,24H,11H2,1H3. The third kappa shape index (κ3) is 3.88. The summed E-state index contributed by atoms with van der Waals surface area (Å²) in [5.74, 6) is 0. The van der Waals surface area contributed by atoms with Crippen LogP contribution < -0.4 is 0 Å². The van der Waals surface area contributed by atoms with E-state index in [1.165, 1.54) is 18.2 Å². The van der Waals surface area contributed by atoms with Crippen LogP contribution >= 0.6 is 0 Å². The molecule has 142 valence electrons. The van der Waals surface area contributed by atoms with E-state index in [0.717, 1.165) is 17.0 Å². The van der Waals surface area contributed by atoms with Crippen LogP contribution in [0.2, 0.25) is 0 Å². The van der Waals surface area contributed by atoms with Crippen molar-refractivity contribution in [3.8, 4) is 16.9 Å². The van der Waals surface area contributed by atoms with Gasteiger partial charge in [0.15, 0.2) is 15.5 Å². The van der Waals surface area contributed by atoms with Crippen molar-refractivity contribution < 1.29 is 26.7 Å². The highest BCUT2D eigenvalue weighted by atomic mass is 32.2. The Balaban J connectivity index is 2.23. The first kappa shape index (κ1) is 19.1. The summed E-state index contributed by atoms with van der Waals surface area (Å²) in [7, 11) is -3.59. The zero-order chi connectivity index (χ0) is 19.8. The lowest BCUT2D eigenvalue weighted by Crippen LogP contribution is -2.08. The predicted molar refractivity (Wildman–Crippen MR) is 93.0 cm³/mol. The van der Waals surface area contributed by atoms with Crippen LogP contribution in [0, 0.1) is 0 Å².